The molecule has 2 rings (SSSR count). The molecule has 1 N–H and O–H groups in total. The summed E-state index contributed by atoms with van der Waals surface area (Å²) in [5.74, 6) is 1.06. The molecule has 0 amide bonds. The maximum atomic E-state index is 5.55. The van der Waals surface area contributed by atoms with Gasteiger partial charge in [-0.05, 0) is 36.6 Å². The number of hydrogen-bond donors (Lipinski definition) is 1. The van der Waals surface area contributed by atoms with Gasteiger partial charge in [-0.2, -0.15) is 0 Å². The molecule has 0 spiro atoms. The largest absolute Gasteiger partial charge is 0.493 e. The van der Waals surface area contributed by atoms with Gasteiger partial charge >= 0.3 is 0 Å². The monoisotopic (exact) mass is 249 g/mol. The predicted octanol–water partition coefficient (Wildman–Crippen LogP) is 2.70. The van der Waals surface area contributed by atoms with Gasteiger partial charge in [-0.1, -0.05) is 19.1 Å². The second kappa shape index (κ2) is 6.76. The number of rotatable bonds is 7. The summed E-state index contributed by atoms with van der Waals surface area (Å²) in [5.41, 5.74) is 2.69. The SMILES string of the molecule is CCCNC(CCOC)c1ccc2c(c1)CCO2. The fourth-order valence-corrected chi connectivity index (χ4v) is 2.36. The summed E-state index contributed by atoms with van der Waals surface area (Å²) in [6.07, 6.45) is 3.20. The third kappa shape index (κ3) is 3.24. The molecule has 3 heteroatoms. The van der Waals surface area contributed by atoms with Crippen LogP contribution in [0.15, 0.2) is 18.2 Å². The highest BCUT2D eigenvalue weighted by Crippen LogP contribution is 2.29. The van der Waals surface area contributed by atoms with Crippen molar-refractivity contribution in [1.29, 1.82) is 0 Å². The van der Waals surface area contributed by atoms with Gasteiger partial charge in [0, 0.05) is 26.2 Å². The van der Waals surface area contributed by atoms with Crippen LogP contribution in [0.4, 0.5) is 0 Å². The molecule has 1 atom stereocenters. The first-order chi connectivity index (χ1) is 8.85. The Labute approximate surface area is 109 Å². The second-order valence-corrected chi connectivity index (χ2v) is 4.75. The van der Waals surface area contributed by atoms with E-state index in [1.165, 1.54) is 11.1 Å². The molecule has 1 heterocycles. The van der Waals surface area contributed by atoms with Crippen LogP contribution >= 0.6 is 0 Å². The summed E-state index contributed by atoms with van der Waals surface area (Å²) in [4.78, 5) is 0. The van der Waals surface area contributed by atoms with E-state index in [4.69, 9.17) is 9.47 Å². The van der Waals surface area contributed by atoms with Crippen molar-refractivity contribution in [1.82, 2.24) is 5.32 Å². The Hall–Kier alpha value is -1.06. The van der Waals surface area contributed by atoms with Crippen molar-refractivity contribution < 1.29 is 9.47 Å². The lowest BCUT2D eigenvalue weighted by molar-refractivity contribution is 0.183. The first-order valence-electron chi connectivity index (χ1n) is 6.83. The Kier molecular flexibility index (Phi) is 5.02. The zero-order chi connectivity index (χ0) is 12.8. The van der Waals surface area contributed by atoms with Crippen LogP contribution in [0, 0.1) is 0 Å². The van der Waals surface area contributed by atoms with Gasteiger partial charge in [-0.3, -0.25) is 0 Å². The Morgan fingerprint density at radius 1 is 1.44 bits per heavy atom. The number of fused-ring (bicyclic) bond motifs is 1. The van der Waals surface area contributed by atoms with Gasteiger partial charge in [0.25, 0.3) is 0 Å². The van der Waals surface area contributed by atoms with Gasteiger partial charge < -0.3 is 14.8 Å². The number of nitrogens with one attached hydrogen (secondary N) is 1. The van der Waals surface area contributed by atoms with Crippen LogP contribution in [0.25, 0.3) is 0 Å². The Morgan fingerprint density at radius 2 is 2.33 bits per heavy atom. The van der Waals surface area contributed by atoms with Crippen LogP contribution in [-0.2, 0) is 11.2 Å². The maximum absolute atomic E-state index is 5.55. The molecule has 1 aromatic carbocycles. The molecule has 1 aromatic rings. The molecule has 0 saturated carbocycles. The molecular weight excluding hydrogens is 226 g/mol. The van der Waals surface area contributed by atoms with Crippen LogP contribution in [0.1, 0.15) is 36.9 Å². The highest BCUT2D eigenvalue weighted by atomic mass is 16.5. The average molecular weight is 249 g/mol. The van der Waals surface area contributed by atoms with Crippen LogP contribution in [0.2, 0.25) is 0 Å². The molecule has 0 radical (unpaired) electrons. The third-order valence-corrected chi connectivity index (χ3v) is 3.37. The minimum atomic E-state index is 0.385. The standard InChI is InChI=1S/C15H23NO2/c1-3-8-16-14(7-9-17-2)12-4-5-15-13(11-12)6-10-18-15/h4-5,11,14,16H,3,6-10H2,1-2H3. The number of methoxy groups -OCH3 is 1. The normalized spacial score (nSPS) is 15.2. The number of benzene rings is 1. The molecule has 1 unspecified atom stereocenters. The van der Waals surface area contributed by atoms with Gasteiger partial charge in [-0.25, -0.2) is 0 Å². The molecule has 0 saturated heterocycles. The van der Waals surface area contributed by atoms with E-state index in [0.29, 0.717) is 6.04 Å². The van der Waals surface area contributed by atoms with Crippen molar-refractivity contribution in [3.63, 3.8) is 0 Å². The van der Waals surface area contributed by atoms with Crippen molar-refractivity contribution in [2.75, 3.05) is 26.9 Å². The van der Waals surface area contributed by atoms with Crippen LogP contribution in [0.3, 0.4) is 0 Å². The van der Waals surface area contributed by atoms with E-state index in [1.54, 1.807) is 7.11 Å². The number of ether oxygens (including phenoxy) is 2. The fraction of sp³-hybridized carbons (Fsp3) is 0.600. The average Bonchev–Trinajstić information content (AvgIpc) is 2.86. The quantitative estimate of drug-likeness (QED) is 0.806. The van der Waals surface area contributed by atoms with E-state index < -0.39 is 0 Å². The molecule has 1 aliphatic rings. The van der Waals surface area contributed by atoms with Crippen LogP contribution in [-0.4, -0.2) is 26.9 Å². The topological polar surface area (TPSA) is 30.5 Å². The van der Waals surface area contributed by atoms with Gasteiger partial charge in [0.05, 0.1) is 6.61 Å². The van der Waals surface area contributed by atoms with E-state index in [2.05, 4.69) is 30.4 Å². The predicted molar refractivity (Wildman–Crippen MR) is 73.2 cm³/mol. The minimum absolute atomic E-state index is 0.385. The zero-order valence-electron chi connectivity index (χ0n) is 11.4. The summed E-state index contributed by atoms with van der Waals surface area (Å²) in [7, 11) is 1.76. The van der Waals surface area contributed by atoms with E-state index in [0.717, 1.165) is 44.8 Å². The van der Waals surface area contributed by atoms with Crippen molar-refractivity contribution in [2.45, 2.75) is 32.2 Å². The molecular formula is C15H23NO2. The van der Waals surface area contributed by atoms with E-state index in [1.807, 2.05) is 0 Å². The van der Waals surface area contributed by atoms with Crippen molar-refractivity contribution >= 4 is 0 Å². The van der Waals surface area contributed by atoms with E-state index in [-0.39, 0.29) is 0 Å². The summed E-state index contributed by atoms with van der Waals surface area (Å²) in [6, 6.07) is 6.94. The van der Waals surface area contributed by atoms with Gasteiger partial charge in [-0.15, -0.1) is 0 Å². The molecule has 100 valence electrons. The molecule has 1 aliphatic heterocycles. The Balaban J connectivity index is 2.08. The summed E-state index contributed by atoms with van der Waals surface area (Å²) in [6.45, 7) is 4.84. The third-order valence-electron chi connectivity index (χ3n) is 3.37. The van der Waals surface area contributed by atoms with Gasteiger partial charge in [0.2, 0.25) is 0 Å². The molecule has 0 bridgehead atoms. The van der Waals surface area contributed by atoms with Crippen LogP contribution < -0.4 is 10.1 Å². The van der Waals surface area contributed by atoms with E-state index in [9.17, 15) is 0 Å². The van der Waals surface area contributed by atoms with Crippen molar-refractivity contribution in [2.24, 2.45) is 0 Å². The molecule has 0 aromatic heterocycles. The van der Waals surface area contributed by atoms with Gasteiger partial charge in [0.1, 0.15) is 5.75 Å². The Morgan fingerprint density at radius 3 is 3.11 bits per heavy atom. The maximum Gasteiger partial charge on any atom is 0.122 e. The lowest BCUT2D eigenvalue weighted by Crippen LogP contribution is -2.23. The highest BCUT2D eigenvalue weighted by molar-refractivity contribution is 5.40. The smallest absolute Gasteiger partial charge is 0.122 e. The lowest BCUT2D eigenvalue weighted by atomic mass is 10.0. The number of hydrogen-bond acceptors (Lipinski definition) is 3. The zero-order valence-corrected chi connectivity index (χ0v) is 11.4. The molecule has 18 heavy (non-hydrogen) atoms. The molecule has 0 fully saturated rings. The highest BCUT2D eigenvalue weighted by Gasteiger charge is 2.16. The summed E-state index contributed by atoms with van der Waals surface area (Å²) in [5, 5.41) is 3.59. The summed E-state index contributed by atoms with van der Waals surface area (Å²) >= 11 is 0. The Bertz CT molecular complexity index is 371. The fourth-order valence-electron chi connectivity index (χ4n) is 2.36. The summed E-state index contributed by atoms with van der Waals surface area (Å²) < 4.78 is 10.8. The van der Waals surface area contributed by atoms with Gasteiger partial charge in [0.15, 0.2) is 0 Å². The first kappa shape index (κ1) is 13.4. The van der Waals surface area contributed by atoms with E-state index >= 15 is 0 Å². The van der Waals surface area contributed by atoms with Crippen LogP contribution in [0.5, 0.6) is 5.75 Å². The first-order valence-corrected chi connectivity index (χ1v) is 6.83. The molecule has 0 aliphatic carbocycles. The molecule has 3 nitrogen and oxygen atoms in total. The van der Waals surface area contributed by atoms with Crippen molar-refractivity contribution in [3.8, 4) is 5.75 Å². The second-order valence-electron chi connectivity index (χ2n) is 4.75. The van der Waals surface area contributed by atoms with Crippen molar-refractivity contribution in [3.05, 3.63) is 29.3 Å². The lowest BCUT2D eigenvalue weighted by Gasteiger charge is -2.19. The minimum Gasteiger partial charge on any atom is -0.493 e.